The summed E-state index contributed by atoms with van der Waals surface area (Å²) in [6.07, 6.45) is 1.31. The van der Waals surface area contributed by atoms with Gasteiger partial charge in [0.1, 0.15) is 17.2 Å². The number of halogens is 1. The molecule has 30 heavy (non-hydrogen) atoms. The first-order valence-corrected chi connectivity index (χ1v) is 9.99. The van der Waals surface area contributed by atoms with Crippen LogP contribution in [-0.2, 0) is 0 Å². The molecule has 0 unspecified atom stereocenters. The van der Waals surface area contributed by atoms with Crippen LogP contribution in [0.5, 0.6) is 17.2 Å². The summed E-state index contributed by atoms with van der Waals surface area (Å²) in [5, 5.41) is 3.52. The molecule has 0 saturated carbocycles. The fraction of sp³-hybridized carbons (Fsp3) is 0.364. The van der Waals surface area contributed by atoms with E-state index in [1.165, 1.54) is 21.3 Å². The summed E-state index contributed by atoms with van der Waals surface area (Å²) >= 11 is 6.05. The van der Waals surface area contributed by atoms with Gasteiger partial charge in [-0.1, -0.05) is 11.6 Å². The Labute approximate surface area is 180 Å². The van der Waals surface area contributed by atoms with Gasteiger partial charge in [0.25, 0.3) is 11.8 Å². The first-order valence-electron chi connectivity index (χ1n) is 9.62. The number of amides is 2. The first-order chi connectivity index (χ1) is 14.4. The van der Waals surface area contributed by atoms with Crippen molar-refractivity contribution in [1.82, 2.24) is 10.2 Å². The molecule has 3 rings (SSSR count). The van der Waals surface area contributed by atoms with E-state index in [2.05, 4.69) is 5.32 Å². The van der Waals surface area contributed by atoms with E-state index in [4.69, 9.17) is 25.8 Å². The summed E-state index contributed by atoms with van der Waals surface area (Å²) in [5.41, 5.74) is 0.907. The Bertz CT molecular complexity index is 903. The van der Waals surface area contributed by atoms with Gasteiger partial charge in [-0.2, -0.15) is 0 Å². The first kappa shape index (κ1) is 21.8. The van der Waals surface area contributed by atoms with Gasteiger partial charge in [0, 0.05) is 35.8 Å². The van der Waals surface area contributed by atoms with Gasteiger partial charge in [-0.25, -0.2) is 0 Å². The van der Waals surface area contributed by atoms with Gasteiger partial charge in [-0.15, -0.1) is 0 Å². The van der Waals surface area contributed by atoms with Crippen molar-refractivity contribution in [3.8, 4) is 17.2 Å². The highest BCUT2D eigenvalue weighted by atomic mass is 35.5. The van der Waals surface area contributed by atoms with Crippen molar-refractivity contribution in [2.45, 2.75) is 18.9 Å². The highest BCUT2D eigenvalue weighted by Crippen LogP contribution is 2.26. The molecule has 1 saturated heterocycles. The maximum absolute atomic E-state index is 12.9. The molecule has 1 heterocycles. The van der Waals surface area contributed by atoms with E-state index in [0.29, 0.717) is 59.3 Å². The van der Waals surface area contributed by atoms with E-state index in [9.17, 15) is 9.59 Å². The van der Waals surface area contributed by atoms with Crippen LogP contribution in [0.1, 0.15) is 33.6 Å². The molecule has 160 valence electrons. The number of benzene rings is 2. The molecule has 0 aliphatic carbocycles. The lowest BCUT2D eigenvalue weighted by molar-refractivity contribution is 0.0695. The summed E-state index contributed by atoms with van der Waals surface area (Å²) in [6, 6.07) is 10.0. The van der Waals surface area contributed by atoms with E-state index in [1.807, 2.05) is 0 Å². The molecule has 0 bridgehead atoms. The van der Waals surface area contributed by atoms with Gasteiger partial charge in [-0.05, 0) is 43.2 Å². The lowest BCUT2D eigenvalue weighted by Crippen LogP contribution is -2.46. The average Bonchev–Trinajstić information content (AvgIpc) is 2.78. The molecular weight excluding hydrogens is 408 g/mol. The minimum atomic E-state index is -0.200. The van der Waals surface area contributed by atoms with Gasteiger partial charge in [-0.3, -0.25) is 9.59 Å². The SMILES string of the molecule is COc1cc(OC)cc(C(=O)NC2CCN(C(=O)c3cc(Cl)ccc3OC)CC2)c1. The van der Waals surface area contributed by atoms with Gasteiger partial charge in [0.15, 0.2) is 0 Å². The minimum absolute atomic E-state index is 0.0278. The van der Waals surface area contributed by atoms with Gasteiger partial charge >= 0.3 is 0 Å². The van der Waals surface area contributed by atoms with E-state index in [0.717, 1.165) is 0 Å². The number of likely N-dealkylation sites (tertiary alicyclic amines) is 1. The molecule has 1 N–H and O–H groups in total. The number of rotatable bonds is 6. The lowest BCUT2D eigenvalue weighted by atomic mass is 10.0. The number of nitrogens with zero attached hydrogens (tertiary/aromatic N) is 1. The molecule has 0 atom stereocenters. The van der Waals surface area contributed by atoms with Crippen molar-refractivity contribution in [3.05, 3.63) is 52.5 Å². The minimum Gasteiger partial charge on any atom is -0.497 e. The second-order valence-electron chi connectivity index (χ2n) is 6.99. The van der Waals surface area contributed by atoms with Crippen LogP contribution in [0.2, 0.25) is 5.02 Å². The predicted octanol–water partition coefficient (Wildman–Crippen LogP) is 3.40. The fourth-order valence-corrected chi connectivity index (χ4v) is 3.62. The number of hydrogen-bond acceptors (Lipinski definition) is 5. The number of piperidine rings is 1. The van der Waals surface area contributed by atoms with Crippen molar-refractivity contribution in [3.63, 3.8) is 0 Å². The smallest absolute Gasteiger partial charge is 0.257 e. The number of carbonyl (C=O) groups excluding carboxylic acids is 2. The number of nitrogens with one attached hydrogen (secondary N) is 1. The van der Waals surface area contributed by atoms with Crippen LogP contribution in [0.4, 0.5) is 0 Å². The Morgan fingerprint density at radius 1 is 0.967 bits per heavy atom. The zero-order valence-electron chi connectivity index (χ0n) is 17.2. The monoisotopic (exact) mass is 432 g/mol. The summed E-state index contributed by atoms with van der Waals surface area (Å²) in [6.45, 7) is 1.06. The molecule has 1 fully saturated rings. The maximum atomic E-state index is 12.9. The topological polar surface area (TPSA) is 77.1 Å². The molecule has 0 spiro atoms. The van der Waals surface area contributed by atoms with Crippen molar-refractivity contribution >= 4 is 23.4 Å². The average molecular weight is 433 g/mol. The highest BCUT2D eigenvalue weighted by Gasteiger charge is 2.27. The Kier molecular flexibility index (Phi) is 7.05. The molecule has 2 amide bonds. The zero-order chi connectivity index (χ0) is 21.7. The third kappa shape index (κ3) is 4.97. The quantitative estimate of drug-likeness (QED) is 0.757. The zero-order valence-corrected chi connectivity index (χ0v) is 18.0. The molecule has 2 aromatic rings. The fourth-order valence-electron chi connectivity index (χ4n) is 3.45. The molecule has 0 aromatic heterocycles. The van der Waals surface area contributed by atoms with Crippen molar-refractivity contribution in [2.75, 3.05) is 34.4 Å². The summed E-state index contributed by atoms with van der Waals surface area (Å²) in [4.78, 5) is 27.3. The number of carbonyl (C=O) groups is 2. The summed E-state index contributed by atoms with van der Waals surface area (Å²) < 4.78 is 15.7. The Hall–Kier alpha value is -2.93. The molecule has 8 heteroatoms. The third-order valence-electron chi connectivity index (χ3n) is 5.12. The van der Waals surface area contributed by atoms with Crippen LogP contribution in [0.3, 0.4) is 0 Å². The van der Waals surface area contributed by atoms with Gasteiger partial charge < -0.3 is 24.4 Å². The molecule has 1 aliphatic heterocycles. The van der Waals surface area contributed by atoms with Gasteiger partial charge in [0.05, 0.1) is 26.9 Å². The lowest BCUT2D eigenvalue weighted by Gasteiger charge is -2.32. The maximum Gasteiger partial charge on any atom is 0.257 e. The standard InChI is InChI=1S/C22H25ClN2O5/c1-28-17-10-14(11-18(13-17)29-2)21(26)24-16-6-8-25(9-7-16)22(27)19-12-15(23)4-5-20(19)30-3/h4-5,10-13,16H,6-9H2,1-3H3,(H,24,26). The van der Waals surface area contributed by atoms with Crippen LogP contribution in [-0.4, -0.2) is 57.2 Å². The van der Waals surface area contributed by atoms with Crippen LogP contribution in [0.25, 0.3) is 0 Å². The van der Waals surface area contributed by atoms with Crippen LogP contribution in [0.15, 0.2) is 36.4 Å². The number of methoxy groups -OCH3 is 3. The summed E-state index contributed by atoms with van der Waals surface area (Å²) in [5.74, 6) is 1.27. The van der Waals surface area contributed by atoms with Crippen molar-refractivity contribution in [2.24, 2.45) is 0 Å². The van der Waals surface area contributed by atoms with E-state index >= 15 is 0 Å². The van der Waals surface area contributed by atoms with Crippen LogP contribution >= 0.6 is 11.6 Å². The molecule has 1 aliphatic rings. The second-order valence-corrected chi connectivity index (χ2v) is 7.42. The normalized spacial score (nSPS) is 14.2. The Balaban J connectivity index is 1.61. The molecule has 2 aromatic carbocycles. The van der Waals surface area contributed by atoms with Crippen LogP contribution in [0, 0.1) is 0 Å². The molecule has 7 nitrogen and oxygen atoms in total. The largest absolute Gasteiger partial charge is 0.497 e. The predicted molar refractivity (Wildman–Crippen MR) is 114 cm³/mol. The number of ether oxygens (including phenoxy) is 3. The number of hydrogen-bond donors (Lipinski definition) is 1. The van der Waals surface area contributed by atoms with Crippen molar-refractivity contribution < 1.29 is 23.8 Å². The van der Waals surface area contributed by atoms with Gasteiger partial charge in [0.2, 0.25) is 0 Å². The Morgan fingerprint density at radius 2 is 1.60 bits per heavy atom. The Morgan fingerprint density at radius 3 is 2.17 bits per heavy atom. The van der Waals surface area contributed by atoms with Crippen LogP contribution < -0.4 is 19.5 Å². The molecular formula is C22H25ClN2O5. The van der Waals surface area contributed by atoms with E-state index < -0.39 is 0 Å². The van der Waals surface area contributed by atoms with E-state index in [1.54, 1.807) is 41.3 Å². The van der Waals surface area contributed by atoms with E-state index in [-0.39, 0.29) is 17.9 Å². The highest BCUT2D eigenvalue weighted by molar-refractivity contribution is 6.31. The third-order valence-corrected chi connectivity index (χ3v) is 5.36. The summed E-state index contributed by atoms with van der Waals surface area (Å²) in [7, 11) is 4.60. The van der Waals surface area contributed by atoms with Crippen molar-refractivity contribution in [1.29, 1.82) is 0 Å². The second kappa shape index (κ2) is 9.71. The molecule has 0 radical (unpaired) electrons.